The summed E-state index contributed by atoms with van der Waals surface area (Å²) < 4.78 is 5.54. The maximum absolute atomic E-state index is 13.4. The first-order chi connectivity index (χ1) is 16.5. The second-order valence-electron chi connectivity index (χ2n) is 10.1. The molecule has 1 fully saturated rings. The summed E-state index contributed by atoms with van der Waals surface area (Å²) >= 11 is 0. The number of Topliss-reactive ketones (excluding diaryl/α,β-unsaturated/α-hetero) is 1. The van der Waals surface area contributed by atoms with Crippen molar-refractivity contribution in [2.45, 2.75) is 71.3 Å². The predicted molar refractivity (Wildman–Crippen MR) is 135 cm³/mol. The fourth-order valence-electron chi connectivity index (χ4n) is 4.86. The van der Waals surface area contributed by atoms with Crippen LogP contribution in [0.2, 0.25) is 0 Å². The van der Waals surface area contributed by atoms with Gasteiger partial charge < -0.3 is 4.74 Å². The molecule has 0 bridgehead atoms. The van der Waals surface area contributed by atoms with Crippen molar-refractivity contribution in [3.8, 4) is 0 Å². The molecular weight excluding hydrogens is 422 g/mol. The van der Waals surface area contributed by atoms with Gasteiger partial charge in [0.15, 0.2) is 0 Å². The number of carbonyl (C=O) groups is 2. The molecule has 1 aliphatic rings. The molecule has 1 aliphatic carbocycles. The third-order valence-electron chi connectivity index (χ3n) is 6.96. The average molecular weight is 458 g/mol. The molecule has 4 heteroatoms. The number of hydrogen-bond acceptors (Lipinski definition) is 4. The molecule has 0 N–H and O–H groups in total. The maximum Gasteiger partial charge on any atom is 0.309 e. The minimum Gasteiger partial charge on any atom is -0.461 e. The topological polar surface area (TPSA) is 56.3 Å². The summed E-state index contributed by atoms with van der Waals surface area (Å²) in [6.45, 7) is 4.69. The van der Waals surface area contributed by atoms with Crippen LogP contribution in [0.3, 0.4) is 0 Å². The van der Waals surface area contributed by atoms with Crippen LogP contribution < -0.4 is 0 Å². The van der Waals surface area contributed by atoms with Gasteiger partial charge in [0.05, 0.1) is 5.92 Å². The Balaban J connectivity index is 1.43. The van der Waals surface area contributed by atoms with Gasteiger partial charge in [-0.05, 0) is 59.7 Å². The number of ketones is 1. The standard InChI is InChI=1S/C30H35NO3/c1-21(2)7-14-28(29(32)18-23-10-13-27-19-31-16-15-26(27)17-23)24-11-8-22(9-12-24)20-34-30(33)25-5-3-4-6-25/h8-13,15-17,19,21,25,28H,3-7,14,18,20H2,1-2H3. The van der Waals surface area contributed by atoms with Crippen molar-refractivity contribution < 1.29 is 14.3 Å². The van der Waals surface area contributed by atoms with Gasteiger partial charge in [-0.3, -0.25) is 14.6 Å². The largest absolute Gasteiger partial charge is 0.461 e. The first kappa shape index (κ1) is 24.1. The third-order valence-corrected chi connectivity index (χ3v) is 6.96. The van der Waals surface area contributed by atoms with E-state index in [0.29, 0.717) is 18.9 Å². The number of esters is 1. The van der Waals surface area contributed by atoms with Crippen LogP contribution in [-0.4, -0.2) is 16.7 Å². The number of carbonyl (C=O) groups excluding carboxylic acids is 2. The SMILES string of the molecule is CC(C)CCC(C(=O)Cc1ccc2cnccc2c1)c1ccc(COC(=O)C2CCCC2)cc1. The van der Waals surface area contributed by atoms with Gasteiger partial charge in [-0.15, -0.1) is 0 Å². The molecule has 0 radical (unpaired) electrons. The van der Waals surface area contributed by atoms with E-state index in [2.05, 4.69) is 24.9 Å². The fourth-order valence-corrected chi connectivity index (χ4v) is 4.86. The fraction of sp³-hybridized carbons (Fsp3) is 0.433. The lowest BCUT2D eigenvalue weighted by atomic mass is 9.85. The second kappa shape index (κ2) is 11.4. The van der Waals surface area contributed by atoms with Gasteiger partial charge in [0.1, 0.15) is 12.4 Å². The minimum atomic E-state index is -0.134. The maximum atomic E-state index is 13.4. The van der Waals surface area contributed by atoms with Gasteiger partial charge in [0.25, 0.3) is 0 Å². The summed E-state index contributed by atoms with van der Waals surface area (Å²) in [5.41, 5.74) is 3.04. The van der Waals surface area contributed by atoms with Crippen LogP contribution in [0.25, 0.3) is 10.8 Å². The number of hydrogen-bond donors (Lipinski definition) is 0. The summed E-state index contributed by atoms with van der Waals surface area (Å²) in [7, 11) is 0. The highest BCUT2D eigenvalue weighted by molar-refractivity contribution is 5.89. The number of pyridine rings is 1. The molecule has 178 valence electrons. The molecule has 1 aromatic heterocycles. The van der Waals surface area contributed by atoms with Crippen molar-refractivity contribution in [3.05, 3.63) is 77.6 Å². The highest BCUT2D eigenvalue weighted by atomic mass is 16.5. The number of ether oxygens (including phenoxy) is 1. The van der Waals surface area contributed by atoms with Crippen molar-refractivity contribution in [1.82, 2.24) is 4.98 Å². The molecule has 4 nitrogen and oxygen atoms in total. The van der Waals surface area contributed by atoms with Crippen LogP contribution in [0.15, 0.2) is 60.9 Å². The lowest BCUT2D eigenvalue weighted by molar-refractivity contribution is -0.149. The summed E-state index contributed by atoms with van der Waals surface area (Å²) in [4.78, 5) is 29.8. The molecule has 34 heavy (non-hydrogen) atoms. The van der Waals surface area contributed by atoms with E-state index in [1.165, 1.54) is 0 Å². The monoisotopic (exact) mass is 457 g/mol. The van der Waals surface area contributed by atoms with E-state index < -0.39 is 0 Å². The van der Waals surface area contributed by atoms with Gasteiger partial charge in [-0.2, -0.15) is 0 Å². The van der Waals surface area contributed by atoms with E-state index in [1.807, 2.05) is 48.7 Å². The Bertz CT molecular complexity index is 1110. The molecule has 1 heterocycles. The van der Waals surface area contributed by atoms with E-state index in [-0.39, 0.29) is 23.6 Å². The molecule has 1 unspecified atom stereocenters. The molecule has 1 saturated carbocycles. The van der Waals surface area contributed by atoms with Gasteiger partial charge >= 0.3 is 5.97 Å². The van der Waals surface area contributed by atoms with E-state index in [1.54, 1.807) is 6.20 Å². The molecule has 4 rings (SSSR count). The number of aromatic nitrogens is 1. The summed E-state index contributed by atoms with van der Waals surface area (Å²) in [5.74, 6) is 0.652. The van der Waals surface area contributed by atoms with Crippen LogP contribution in [0.1, 0.15) is 75.0 Å². The van der Waals surface area contributed by atoms with Gasteiger partial charge in [-0.1, -0.05) is 69.2 Å². The van der Waals surface area contributed by atoms with Gasteiger partial charge in [-0.25, -0.2) is 0 Å². The average Bonchev–Trinajstić information content (AvgIpc) is 3.38. The van der Waals surface area contributed by atoms with Crippen molar-refractivity contribution in [2.24, 2.45) is 11.8 Å². The normalized spacial score (nSPS) is 15.0. The quantitative estimate of drug-likeness (QED) is 0.314. The molecule has 0 saturated heterocycles. The molecule has 0 amide bonds. The van der Waals surface area contributed by atoms with E-state index in [4.69, 9.17) is 4.74 Å². The van der Waals surface area contributed by atoms with Crippen molar-refractivity contribution in [3.63, 3.8) is 0 Å². The highest BCUT2D eigenvalue weighted by Crippen LogP contribution is 2.28. The minimum absolute atomic E-state index is 0.0715. The summed E-state index contributed by atoms with van der Waals surface area (Å²) in [6, 6.07) is 16.2. The van der Waals surface area contributed by atoms with E-state index >= 15 is 0 Å². The zero-order valence-electron chi connectivity index (χ0n) is 20.3. The molecule has 3 aromatic rings. The Kier molecular flexibility index (Phi) is 8.10. The molecule has 0 aliphatic heterocycles. The van der Waals surface area contributed by atoms with Crippen molar-refractivity contribution in [2.75, 3.05) is 0 Å². The number of benzene rings is 2. The highest BCUT2D eigenvalue weighted by Gasteiger charge is 2.24. The summed E-state index contributed by atoms with van der Waals surface area (Å²) in [6.07, 6.45) is 10.0. The molecule has 0 spiro atoms. The molecule has 1 atom stereocenters. The Hall–Kier alpha value is -3.01. The Morgan fingerprint density at radius 2 is 1.68 bits per heavy atom. The second-order valence-corrected chi connectivity index (χ2v) is 10.1. The smallest absolute Gasteiger partial charge is 0.309 e. The summed E-state index contributed by atoms with van der Waals surface area (Å²) in [5, 5.41) is 2.19. The number of nitrogens with zero attached hydrogens (tertiary/aromatic N) is 1. The third kappa shape index (κ3) is 6.31. The van der Waals surface area contributed by atoms with Crippen LogP contribution in [0.4, 0.5) is 0 Å². The van der Waals surface area contributed by atoms with Crippen molar-refractivity contribution >= 4 is 22.5 Å². The van der Waals surface area contributed by atoms with E-state index in [0.717, 1.165) is 66.0 Å². The Morgan fingerprint density at radius 1 is 0.941 bits per heavy atom. The molecular formula is C30H35NO3. The first-order valence-electron chi connectivity index (χ1n) is 12.6. The Morgan fingerprint density at radius 3 is 2.41 bits per heavy atom. The van der Waals surface area contributed by atoms with Gasteiger partial charge in [0, 0.05) is 30.1 Å². The van der Waals surface area contributed by atoms with Crippen LogP contribution in [0.5, 0.6) is 0 Å². The van der Waals surface area contributed by atoms with E-state index in [9.17, 15) is 9.59 Å². The van der Waals surface area contributed by atoms with Crippen LogP contribution >= 0.6 is 0 Å². The first-order valence-corrected chi connectivity index (χ1v) is 12.6. The Labute approximate surface area is 202 Å². The van der Waals surface area contributed by atoms with Crippen molar-refractivity contribution in [1.29, 1.82) is 0 Å². The lowest BCUT2D eigenvalue weighted by Gasteiger charge is -2.18. The molecule has 2 aromatic carbocycles. The predicted octanol–water partition coefficient (Wildman–Crippen LogP) is 6.80. The zero-order chi connectivity index (χ0) is 23.9. The number of fused-ring (bicyclic) bond motifs is 1. The van der Waals surface area contributed by atoms with Crippen LogP contribution in [0, 0.1) is 11.8 Å². The zero-order valence-corrected chi connectivity index (χ0v) is 20.3. The number of rotatable bonds is 10. The lowest BCUT2D eigenvalue weighted by Crippen LogP contribution is -2.16. The van der Waals surface area contributed by atoms with Crippen LogP contribution in [-0.2, 0) is 27.4 Å². The van der Waals surface area contributed by atoms with Gasteiger partial charge in [0.2, 0.25) is 0 Å².